The Hall–Kier alpha value is -2.28. The quantitative estimate of drug-likeness (QED) is 0.814. The summed E-state index contributed by atoms with van der Waals surface area (Å²) in [6, 6.07) is 7.76. The van der Waals surface area contributed by atoms with Crippen molar-refractivity contribution in [1.82, 2.24) is 10.2 Å². The second kappa shape index (κ2) is 7.13. The van der Waals surface area contributed by atoms with E-state index in [1.807, 2.05) is 24.3 Å². The fraction of sp³-hybridized carbons (Fsp3) is 0.267. The number of rotatable bonds is 5. The molecule has 0 unspecified atom stereocenters. The van der Waals surface area contributed by atoms with Crippen LogP contribution in [0.4, 0.5) is 9.59 Å². The van der Waals surface area contributed by atoms with Gasteiger partial charge in [-0.25, -0.2) is 4.79 Å². The number of nitrogens with one attached hydrogen (secondary N) is 1. The van der Waals surface area contributed by atoms with E-state index in [2.05, 4.69) is 12.2 Å². The standard InChI is InChI=1S/C15H16N2O4S/c1-2-10-3-5-11(6-4-10)9-12-13(18)17(15(21)22-12)8-7-16-14(19)20/h3-6,9,16H,2,7-8H2,1H3,(H,19,20)/b12-9-. The summed E-state index contributed by atoms with van der Waals surface area (Å²) in [6.07, 6.45) is 1.43. The number of thioether (sulfide) groups is 1. The minimum absolute atomic E-state index is 0.0197. The van der Waals surface area contributed by atoms with Crippen molar-refractivity contribution in [1.29, 1.82) is 0 Å². The summed E-state index contributed by atoms with van der Waals surface area (Å²) < 4.78 is 0. The number of carbonyl (C=O) groups is 3. The lowest BCUT2D eigenvalue weighted by Crippen LogP contribution is -2.36. The average Bonchev–Trinajstić information content (AvgIpc) is 2.75. The summed E-state index contributed by atoms with van der Waals surface area (Å²) in [6.45, 7) is 2.11. The molecule has 0 aromatic heterocycles. The molecule has 1 heterocycles. The average molecular weight is 320 g/mol. The van der Waals surface area contributed by atoms with Gasteiger partial charge in [0.1, 0.15) is 0 Å². The molecule has 1 aliphatic heterocycles. The fourth-order valence-corrected chi connectivity index (χ4v) is 2.83. The Morgan fingerprint density at radius 1 is 1.32 bits per heavy atom. The number of nitrogens with zero attached hydrogens (tertiary/aromatic N) is 1. The van der Waals surface area contributed by atoms with Crippen molar-refractivity contribution in [2.45, 2.75) is 13.3 Å². The molecule has 1 aliphatic rings. The van der Waals surface area contributed by atoms with Crippen molar-refractivity contribution < 1.29 is 19.5 Å². The van der Waals surface area contributed by atoms with E-state index in [1.165, 1.54) is 5.56 Å². The van der Waals surface area contributed by atoms with Gasteiger partial charge >= 0.3 is 6.09 Å². The zero-order valence-electron chi connectivity index (χ0n) is 12.0. The van der Waals surface area contributed by atoms with Gasteiger partial charge in [-0.15, -0.1) is 0 Å². The van der Waals surface area contributed by atoms with Crippen LogP contribution in [0.15, 0.2) is 29.2 Å². The molecular formula is C15H16N2O4S. The Morgan fingerprint density at radius 2 is 2.00 bits per heavy atom. The molecule has 1 aromatic rings. The third-order valence-corrected chi connectivity index (χ3v) is 4.08. The SMILES string of the molecule is CCc1ccc(/C=C2\SC(=O)N(CCNC(=O)O)C2=O)cc1. The lowest BCUT2D eigenvalue weighted by atomic mass is 10.1. The van der Waals surface area contributed by atoms with Crippen LogP contribution < -0.4 is 5.32 Å². The molecule has 6 nitrogen and oxygen atoms in total. The molecule has 116 valence electrons. The monoisotopic (exact) mass is 320 g/mol. The maximum Gasteiger partial charge on any atom is 0.404 e. The molecule has 2 N–H and O–H groups in total. The number of benzene rings is 1. The number of hydrogen-bond donors (Lipinski definition) is 2. The molecule has 1 saturated heterocycles. The molecule has 1 aromatic carbocycles. The van der Waals surface area contributed by atoms with Crippen LogP contribution in [0.5, 0.6) is 0 Å². The zero-order valence-corrected chi connectivity index (χ0v) is 12.9. The molecule has 7 heteroatoms. The maximum absolute atomic E-state index is 12.2. The van der Waals surface area contributed by atoms with Gasteiger partial charge in [0.05, 0.1) is 4.91 Å². The molecule has 2 rings (SSSR count). The molecule has 3 amide bonds. The van der Waals surface area contributed by atoms with Gasteiger partial charge in [-0.2, -0.15) is 0 Å². The van der Waals surface area contributed by atoms with Gasteiger partial charge < -0.3 is 10.4 Å². The van der Waals surface area contributed by atoms with Gasteiger partial charge in [-0.1, -0.05) is 31.2 Å². The van der Waals surface area contributed by atoms with Gasteiger partial charge in [0.15, 0.2) is 0 Å². The van der Waals surface area contributed by atoms with Crippen molar-refractivity contribution in [3.8, 4) is 0 Å². The Balaban J connectivity index is 2.06. The summed E-state index contributed by atoms with van der Waals surface area (Å²) >= 11 is 0.869. The van der Waals surface area contributed by atoms with Crippen LogP contribution in [-0.2, 0) is 11.2 Å². The highest BCUT2D eigenvalue weighted by atomic mass is 32.2. The van der Waals surface area contributed by atoms with Crippen molar-refractivity contribution in [2.75, 3.05) is 13.1 Å². The Kier molecular flexibility index (Phi) is 5.21. The Bertz CT molecular complexity index is 625. The van der Waals surface area contributed by atoms with E-state index in [-0.39, 0.29) is 24.2 Å². The number of amides is 3. The van der Waals surface area contributed by atoms with Crippen molar-refractivity contribution in [2.24, 2.45) is 0 Å². The number of carboxylic acid groups (broad SMARTS) is 1. The van der Waals surface area contributed by atoms with Crippen LogP contribution in [-0.4, -0.2) is 40.3 Å². The van der Waals surface area contributed by atoms with Gasteiger partial charge in [0.2, 0.25) is 0 Å². The van der Waals surface area contributed by atoms with Crippen LogP contribution in [0.1, 0.15) is 18.1 Å². The fourth-order valence-electron chi connectivity index (χ4n) is 1.97. The predicted molar refractivity (Wildman–Crippen MR) is 84.5 cm³/mol. The molecule has 0 bridgehead atoms. The topological polar surface area (TPSA) is 86.7 Å². The van der Waals surface area contributed by atoms with E-state index >= 15 is 0 Å². The molecule has 1 fully saturated rings. The van der Waals surface area contributed by atoms with Crippen molar-refractivity contribution in [3.05, 3.63) is 40.3 Å². The Morgan fingerprint density at radius 3 is 2.59 bits per heavy atom. The highest BCUT2D eigenvalue weighted by Crippen LogP contribution is 2.31. The number of aryl methyl sites for hydroxylation is 1. The van der Waals surface area contributed by atoms with E-state index in [4.69, 9.17) is 5.11 Å². The van der Waals surface area contributed by atoms with Crippen LogP contribution in [0.3, 0.4) is 0 Å². The Labute approximate surface area is 132 Å². The lowest BCUT2D eigenvalue weighted by Gasteiger charge is -2.11. The molecule has 0 saturated carbocycles. The summed E-state index contributed by atoms with van der Waals surface area (Å²) in [5.41, 5.74) is 2.05. The lowest BCUT2D eigenvalue weighted by molar-refractivity contribution is -0.122. The first-order chi connectivity index (χ1) is 10.5. The third kappa shape index (κ3) is 3.88. The molecule has 0 spiro atoms. The van der Waals surface area contributed by atoms with E-state index in [1.54, 1.807) is 6.08 Å². The second-order valence-corrected chi connectivity index (χ2v) is 5.65. The summed E-state index contributed by atoms with van der Waals surface area (Å²) in [5, 5.41) is 10.2. The van der Waals surface area contributed by atoms with Gasteiger partial charge in [-0.3, -0.25) is 14.5 Å². The summed E-state index contributed by atoms with van der Waals surface area (Å²) in [7, 11) is 0. The molecule has 0 aliphatic carbocycles. The van der Waals surface area contributed by atoms with E-state index in [0.29, 0.717) is 4.91 Å². The minimum Gasteiger partial charge on any atom is -0.465 e. The third-order valence-electron chi connectivity index (χ3n) is 3.17. The first kappa shape index (κ1) is 16.1. The second-order valence-electron chi connectivity index (χ2n) is 4.66. The van der Waals surface area contributed by atoms with E-state index in [0.717, 1.165) is 28.6 Å². The number of hydrogen-bond acceptors (Lipinski definition) is 4. The minimum atomic E-state index is -1.18. The zero-order chi connectivity index (χ0) is 16.1. The molecule has 0 radical (unpaired) electrons. The molecular weight excluding hydrogens is 304 g/mol. The summed E-state index contributed by atoms with van der Waals surface area (Å²) in [4.78, 5) is 35.8. The highest BCUT2D eigenvalue weighted by molar-refractivity contribution is 8.18. The van der Waals surface area contributed by atoms with Crippen LogP contribution in [0.2, 0.25) is 0 Å². The van der Waals surface area contributed by atoms with Crippen LogP contribution >= 0.6 is 11.8 Å². The van der Waals surface area contributed by atoms with E-state index in [9.17, 15) is 14.4 Å². The summed E-state index contributed by atoms with van der Waals surface area (Å²) in [5.74, 6) is -0.387. The largest absolute Gasteiger partial charge is 0.465 e. The van der Waals surface area contributed by atoms with Crippen molar-refractivity contribution in [3.63, 3.8) is 0 Å². The van der Waals surface area contributed by atoms with Crippen molar-refractivity contribution >= 4 is 35.1 Å². The highest BCUT2D eigenvalue weighted by Gasteiger charge is 2.34. The smallest absolute Gasteiger partial charge is 0.404 e. The maximum atomic E-state index is 12.2. The van der Waals surface area contributed by atoms with Gasteiger partial charge in [0, 0.05) is 13.1 Å². The first-order valence-corrected chi connectivity index (χ1v) is 7.64. The van der Waals surface area contributed by atoms with Gasteiger partial charge in [0.25, 0.3) is 11.1 Å². The van der Waals surface area contributed by atoms with Gasteiger partial charge in [-0.05, 0) is 35.4 Å². The van der Waals surface area contributed by atoms with E-state index < -0.39 is 6.09 Å². The first-order valence-electron chi connectivity index (χ1n) is 6.82. The normalized spacial score (nSPS) is 16.4. The molecule has 22 heavy (non-hydrogen) atoms. The number of carbonyl (C=O) groups excluding carboxylic acids is 2. The number of imide groups is 1. The molecule has 0 atom stereocenters. The van der Waals surface area contributed by atoms with Crippen LogP contribution in [0, 0.1) is 0 Å². The predicted octanol–water partition coefficient (Wildman–Crippen LogP) is 2.55. The van der Waals surface area contributed by atoms with Crippen LogP contribution in [0.25, 0.3) is 6.08 Å².